The molecule has 1 aromatic rings. The van der Waals surface area contributed by atoms with Crippen molar-refractivity contribution in [2.75, 3.05) is 7.11 Å². The number of para-hydroxylation sites is 1. The molecule has 2 saturated carbocycles. The van der Waals surface area contributed by atoms with Gasteiger partial charge >= 0.3 is 0 Å². The molecule has 5 nitrogen and oxygen atoms in total. The van der Waals surface area contributed by atoms with Gasteiger partial charge in [-0.25, -0.2) is 0 Å². The minimum absolute atomic E-state index is 0.0357. The van der Waals surface area contributed by atoms with Crippen LogP contribution in [0.1, 0.15) is 56.9 Å². The second-order valence-electron chi connectivity index (χ2n) is 7.31. The minimum Gasteiger partial charge on any atom is -0.493 e. The van der Waals surface area contributed by atoms with E-state index in [2.05, 4.69) is 5.32 Å². The number of hydrogen-bond acceptors (Lipinski definition) is 4. The zero-order chi connectivity index (χ0) is 17.6. The lowest BCUT2D eigenvalue weighted by Gasteiger charge is -2.26. The van der Waals surface area contributed by atoms with Gasteiger partial charge in [-0.15, -0.1) is 0 Å². The van der Waals surface area contributed by atoms with E-state index in [1.54, 1.807) is 7.11 Å². The number of hydrogen-bond donors (Lipinski definition) is 2. The summed E-state index contributed by atoms with van der Waals surface area (Å²) in [6, 6.07) is 6.01. The van der Waals surface area contributed by atoms with Crippen LogP contribution in [0.4, 0.5) is 0 Å². The summed E-state index contributed by atoms with van der Waals surface area (Å²) in [5.41, 5.74) is 6.98. The molecule has 0 bridgehead atoms. The van der Waals surface area contributed by atoms with Gasteiger partial charge < -0.3 is 20.5 Å². The molecule has 1 amide bonds. The molecular formula is C20H30N2O3. The van der Waals surface area contributed by atoms with Crippen molar-refractivity contribution in [3.8, 4) is 11.5 Å². The van der Waals surface area contributed by atoms with Crippen LogP contribution in [-0.2, 0) is 11.3 Å². The van der Waals surface area contributed by atoms with Gasteiger partial charge in [0.1, 0.15) is 0 Å². The molecule has 3 N–H and O–H groups in total. The highest BCUT2D eigenvalue weighted by Gasteiger charge is 2.26. The second-order valence-corrected chi connectivity index (χ2v) is 7.31. The van der Waals surface area contributed by atoms with E-state index >= 15 is 0 Å². The van der Waals surface area contributed by atoms with Crippen molar-refractivity contribution in [2.24, 2.45) is 11.7 Å². The van der Waals surface area contributed by atoms with Crippen molar-refractivity contribution in [2.45, 2.75) is 70.1 Å². The Kier molecular flexibility index (Phi) is 6.19. The molecule has 138 valence electrons. The average Bonchev–Trinajstić information content (AvgIpc) is 3.13. The summed E-state index contributed by atoms with van der Waals surface area (Å²) in [7, 11) is 1.66. The fourth-order valence-corrected chi connectivity index (χ4v) is 3.96. The van der Waals surface area contributed by atoms with E-state index in [0.717, 1.165) is 55.6 Å². The Labute approximate surface area is 150 Å². The molecule has 0 heterocycles. The SMILES string of the molecule is COc1cccc(CNC(=O)C2CCCC(N)C2)c1OC1CCCC1. The summed E-state index contributed by atoms with van der Waals surface area (Å²) in [5.74, 6) is 1.65. The van der Waals surface area contributed by atoms with Crippen LogP contribution in [0.25, 0.3) is 0 Å². The topological polar surface area (TPSA) is 73.6 Å². The van der Waals surface area contributed by atoms with E-state index in [4.69, 9.17) is 15.2 Å². The molecule has 0 aliphatic heterocycles. The molecule has 2 aliphatic carbocycles. The van der Waals surface area contributed by atoms with Gasteiger partial charge in [-0.05, 0) is 51.0 Å². The van der Waals surface area contributed by atoms with Crippen LogP contribution in [0.3, 0.4) is 0 Å². The number of ether oxygens (including phenoxy) is 2. The number of nitrogens with two attached hydrogens (primary N) is 1. The molecular weight excluding hydrogens is 316 g/mol. The molecule has 0 aromatic heterocycles. The Bertz CT molecular complexity index is 584. The van der Waals surface area contributed by atoms with Crippen LogP contribution in [0, 0.1) is 5.92 Å². The van der Waals surface area contributed by atoms with Crippen molar-refractivity contribution in [3.05, 3.63) is 23.8 Å². The molecule has 5 heteroatoms. The average molecular weight is 346 g/mol. The number of carbonyl (C=O) groups excluding carboxylic acids is 1. The number of methoxy groups -OCH3 is 1. The van der Waals surface area contributed by atoms with Crippen LogP contribution in [0.15, 0.2) is 18.2 Å². The fourth-order valence-electron chi connectivity index (χ4n) is 3.96. The van der Waals surface area contributed by atoms with Crippen LogP contribution in [0.2, 0.25) is 0 Å². The van der Waals surface area contributed by atoms with Crippen molar-refractivity contribution in [3.63, 3.8) is 0 Å². The second kappa shape index (κ2) is 8.56. The molecule has 2 fully saturated rings. The van der Waals surface area contributed by atoms with Gasteiger partial charge in [0.25, 0.3) is 0 Å². The van der Waals surface area contributed by atoms with Gasteiger partial charge in [0.2, 0.25) is 5.91 Å². The summed E-state index contributed by atoms with van der Waals surface area (Å²) in [4.78, 5) is 12.5. The van der Waals surface area contributed by atoms with E-state index < -0.39 is 0 Å². The lowest BCUT2D eigenvalue weighted by Crippen LogP contribution is -2.37. The van der Waals surface area contributed by atoms with Gasteiger partial charge in [-0.1, -0.05) is 18.6 Å². The van der Waals surface area contributed by atoms with Crippen LogP contribution >= 0.6 is 0 Å². The van der Waals surface area contributed by atoms with E-state index in [1.165, 1.54) is 12.8 Å². The number of rotatable bonds is 6. The standard InChI is InChI=1S/C20H30N2O3/c1-24-18-11-5-7-15(19(18)25-17-9-2-3-10-17)13-22-20(23)14-6-4-8-16(21)12-14/h5,7,11,14,16-17H,2-4,6,8-10,12-13,21H2,1H3,(H,22,23). The van der Waals surface area contributed by atoms with Gasteiger partial charge in [0.05, 0.1) is 13.2 Å². The largest absolute Gasteiger partial charge is 0.493 e. The first-order valence-corrected chi connectivity index (χ1v) is 9.53. The third-order valence-electron chi connectivity index (χ3n) is 5.41. The number of nitrogens with one attached hydrogen (secondary N) is 1. The Hall–Kier alpha value is -1.75. The fraction of sp³-hybridized carbons (Fsp3) is 0.650. The van der Waals surface area contributed by atoms with Crippen molar-refractivity contribution < 1.29 is 14.3 Å². The summed E-state index contributed by atoms with van der Waals surface area (Å²) in [5, 5.41) is 3.08. The Balaban J connectivity index is 1.65. The number of amides is 1. The quantitative estimate of drug-likeness (QED) is 0.830. The van der Waals surface area contributed by atoms with Crippen LogP contribution < -0.4 is 20.5 Å². The van der Waals surface area contributed by atoms with E-state index in [0.29, 0.717) is 6.54 Å². The highest BCUT2D eigenvalue weighted by atomic mass is 16.5. The van der Waals surface area contributed by atoms with E-state index in [9.17, 15) is 4.79 Å². The third kappa shape index (κ3) is 4.66. The highest BCUT2D eigenvalue weighted by molar-refractivity contribution is 5.78. The van der Waals surface area contributed by atoms with E-state index in [1.807, 2.05) is 18.2 Å². The molecule has 2 unspecified atom stereocenters. The van der Waals surface area contributed by atoms with E-state index in [-0.39, 0.29) is 24.0 Å². The normalized spacial score (nSPS) is 24.1. The van der Waals surface area contributed by atoms with Gasteiger partial charge in [-0.2, -0.15) is 0 Å². The Morgan fingerprint density at radius 1 is 1.20 bits per heavy atom. The molecule has 1 aromatic carbocycles. The van der Waals surface area contributed by atoms with Crippen LogP contribution in [-0.4, -0.2) is 25.2 Å². The number of carbonyl (C=O) groups is 1. The summed E-state index contributed by atoms with van der Waals surface area (Å²) in [6.45, 7) is 0.462. The van der Waals surface area contributed by atoms with Gasteiger partial charge in [0, 0.05) is 24.1 Å². The molecule has 2 atom stereocenters. The van der Waals surface area contributed by atoms with Crippen molar-refractivity contribution in [1.29, 1.82) is 0 Å². The molecule has 3 rings (SSSR count). The molecule has 0 saturated heterocycles. The summed E-state index contributed by atoms with van der Waals surface area (Å²) < 4.78 is 11.7. The first-order valence-electron chi connectivity index (χ1n) is 9.53. The summed E-state index contributed by atoms with van der Waals surface area (Å²) >= 11 is 0. The monoisotopic (exact) mass is 346 g/mol. The maximum Gasteiger partial charge on any atom is 0.223 e. The maximum absolute atomic E-state index is 12.5. The predicted molar refractivity (Wildman–Crippen MR) is 97.7 cm³/mol. The number of benzene rings is 1. The van der Waals surface area contributed by atoms with Crippen molar-refractivity contribution in [1.82, 2.24) is 5.32 Å². The van der Waals surface area contributed by atoms with Crippen molar-refractivity contribution >= 4 is 5.91 Å². The lowest BCUT2D eigenvalue weighted by molar-refractivity contribution is -0.126. The maximum atomic E-state index is 12.5. The van der Waals surface area contributed by atoms with Gasteiger partial charge in [0.15, 0.2) is 11.5 Å². The molecule has 0 radical (unpaired) electrons. The summed E-state index contributed by atoms with van der Waals surface area (Å²) in [6.07, 6.45) is 8.64. The van der Waals surface area contributed by atoms with Crippen LogP contribution in [0.5, 0.6) is 11.5 Å². The smallest absolute Gasteiger partial charge is 0.223 e. The molecule has 25 heavy (non-hydrogen) atoms. The first kappa shape index (κ1) is 18.1. The highest BCUT2D eigenvalue weighted by Crippen LogP contribution is 2.35. The lowest BCUT2D eigenvalue weighted by atomic mass is 9.85. The minimum atomic E-state index is 0.0357. The Morgan fingerprint density at radius 3 is 2.72 bits per heavy atom. The zero-order valence-electron chi connectivity index (χ0n) is 15.1. The Morgan fingerprint density at radius 2 is 2.00 bits per heavy atom. The predicted octanol–water partition coefficient (Wildman–Crippen LogP) is 3.15. The molecule has 2 aliphatic rings. The zero-order valence-corrected chi connectivity index (χ0v) is 15.1. The first-order chi connectivity index (χ1) is 12.2. The van der Waals surface area contributed by atoms with Gasteiger partial charge in [-0.3, -0.25) is 4.79 Å². The third-order valence-corrected chi connectivity index (χ3v) is 5.41. The molecule has 0 spiro atoms.